The van der Waals surface area contributed by atoms with Crippen molar-refractivity contribution in [3.63, 3.8) is 0 Å². The monoisotopic (exact) mass is 279 g/mol. The summed E-state index contributed by atoms with van der Waals surface area (Å²) >= 11 is 6.24. The van der Waals surface area contributed by atoms with Gasteiger partial charge >= 0.3 is 0 Å². The van der Waals surface area contributed by atoms with Gasteiger partial charge in [0.2, 0.25) is 0 Å². The standard InChI is InChI=1S/C15H20ClN2O/c16-15(12-18-9-5-2-6-10-18)13-19-17-11-14-7-3-1-4-8-14/h1,3-4,7-8,15H,2,5-6,9-10,12-13H2. The van der Waals surface area contributed by atoms with Crippen LogP contribution in [0.3, 0.4) is 0 Å². The predicted molar refractivity (Wildman–Crippen MR) is 78.9 cm³/mol. The van der Waals surface area contributed by atoms with Crippen LogP contribution in [0, 0.1) is 0 Å². The smallest absolute Gasteiger partial charge is 0.139 e. The van der Waals surface area contributed by atoms with Gasteiger partial charge in [-0.3, -0.25) is 0 Å². The van der Waals surface area contributed by atoms with Crippen LogP contribution >= 0.6 is 11.6 Å². The Hall–Kier alpha value is -1.06. The molecule has 1 atom stereocenters. The number of halogens is 1. The van der Waals surface area contributed by atoms with Crippen LogP contribution in [0.5, 0.6) is 0 Å². The van der Waals surface area contributed by atoms with Gasteiger partial charge in [-0.2, -0.15) is 0 Å². The zero-order chi connectivity index (χ0) is 13.3. The van der Waals surface area contributed by atoms with Gasteiger partial charge in [-0.1, -0.05) is 41.9 Å². The Labute approximate surface area is 120 Å². The number of nitrogens with zero attached hydrogens (tertiary/aromatic N) is 2. The molecule has 0 saturated carbocycles. The summed E-state index contributed by atoms with van der Waals surface area (Å²) in [6.45, 7) is 3.62. The van der Waals surface area contributed by atoms with Gasteiger partial charge < -0.3 is 9.74 Å². The Balaban J connectivity index is 1.63. The fraction of sp³-hybridized carbons (Fsp3) is 0.533. The summed E-state index contributed by atoms with van der Waals surface area (Å²) in [4.78, 5) is 7.59. The van der Waals surface area contributed by atoms with Gasteiger partial charge in [0.25, 0.3) is 0 Å². The lowest BCUT2D eigenvalue weighted by molar-refractivity contribution is 0.128. The average Bonchev–Trinajstić information content (AvgIpc) is 2.46. The van der Waals surface area contributed by atoms with Crippen LogP contribution in [0.1, 0.15) is 24.8 Å². The van der Waals surface area contributed by atoms with E-state index in [2.05, 4.69) is 16.3 Å². The number of piperidine rings is 1. The van der Waals surface area contributed by atoms with Crippen LogP contribution in [0.4, 0.5) is 0 Å². The predicted octanol–water partition coefficient (Wildman–Crippen LogP) is 3.01. The highest BCUT2D eigenvalue weighted by atomic mass is 35.5. The van der Waals surface area contributed by atoms with E-state index in [4.69, 9.17) is 16.4 Å². The molecule has 103 valence electrons. The lowest BCUT2D eigenvalue weighted by atomic mass is 10.1. The Kier molecular flexibility index (Phi) is 6.18. The highest BCUT2D eigenvalue weighted by molar-refractivity contribution is 6.20. The van der Waals surface area contributed by atoms with Gasteiger partial charge in [0.05, 0.1) is 5.38 Å². The lowest BCUT2D eigenvalue weighted by Crippen LogP contribution is -2.35. The Bertz CT molecular complexity index is 377. The maximum absolute atomic E-state index is 6.24. The van der Waals surface area contributed by atoms with E-state index in [0.29, 0.717) is 6.61 Å². The molecule has 0 spiro atoms. The first-order valence-corrected chi connectivity index (χ1v) is 7.28. The van der Waals surface area contributed by atoms with E-state index in [1.54, 1.807) is 0 Å². The molecule has 0 aliphatic carbocycles. The molecule has 1 aromatic rings. The van der Waals surface area contributed by atoms with Gasteiger partial charge in [-0.15, -0.1) is 11.6 Å². The minimum absolute atomic E-state index is 0.0144. The average molecular weight is 280 g/mol. The molecule has 19 heavy (non-hydrogen) atoms. The molecular weight excluding hydrogens is 260 g/mol. The summed E-state index contributed by atoms with van der Waals surface area (Å²) < 4.78 is 0. The molecule has 3 nitrogen and oxygen atoms in total. The number of alkyl halides is 1. The summed E-state index contributed by atoms with van der Waals surface area (Å²) in [5, 5.41) is 3.81. The normalized spacial score (nSPS) is 18.6. The molecule has 1 radical (unpaired) electrons. The second kappa shape index (κ2) is 8.18. The third-order valence-corrected chi connectivity index (χ3v) is 3.44. The summed E-state index contributed by atoms with van der Waals surface area (Å²) in [6, 6.07) is 9.70. The van der Waals surface area contributed by atoms with Crippen molar-refractivity contribution in [2.24, 2.45) is 5.16 Å². The van der Waals surface area contributed by atoms with Crippen molar-refractivity contribution < 1.29 is 4.84 Å². The maximum atomic E-state index is 6.24. The van der Waals surface area contributed by atoms with Crippen LogP contribution in [0.2, 0.25) is 0 Å². The third kappa shape index (κ3) is 5.62. The number of likely N-dealkylation sites (tertiary alicyclic amines) is 1. The molecule has 0 bridgehead atoms. The Morgan fingerprint density at radius 2 is 1.95 bits per heavy atom. The first-order valence-electron chi connectivity index (χ1n) is 6.84. The topological polar surface area (TPSA) is 24.8 Å². The second-order valence-corrected chi connectivity index (χ2v) is 5.44. The molecule has 1 aromatic carbocycles. The van der Waals surface area contributed by atoms with E-state index >= 15 is 0 Å². The molecule has 0 aromatic heterocycles. The molecule has 1 aliphatic heterocycles. The molecule has 1 fully saturated rings. The van der Waals surface area contributed by atoms with Crippen LogP contribution in [-0.4, -0.2) is 42.7 Å². The van der Waals surface area contributed by atoms with Crippen molar-refractivity contribution in [2.45, 2.75) is 24.6 Å². The third-order valence-electron chi connectivity index (χ3n) is 3.17. The second-order valence-electron chi connectivity index (χ2n) is 4.82. The van der Waals surface area contributed by atoms with Crippen molar-refractivity contribution in [2.75, 3.05) is 26.2 Å². The fourth-order valence-corrected chi connectivity index (χ4v) is 2.44. The largest absolute Gasteiger partial charge is 0.394 e. The summed E-state index contributed by atoms with van der Waals surface area (Å²) in [5.41, 5.74) is 0.907. The van der Waals surface area contributed by atoms with Crippen LogP contribution in [0.25, 0.3) is 0 Å². The van der Waals surface area contributed by atoms with Crippen molar-refractivity contribution in [3.05, 3.63) is 35.9 Å². The fourth-order valence-electron chi connectivity index (χ4n) is 2.19. The van der Waals surface area contributed by atoms with Gasteiger partial charge in [-0.25, -0.2) is 0 Å². The number of hydrogen-bond acceptors (Lipinski definition) is 3. The molecular formula is C15H20ClN2O. The highest BCUT2D eigenvalue weighted by Crippen LogP contribution is 2.11. The molecule has 1 aliphatic rings. The maximum Gasteiger partial charge on any atom is 0.139 e. The van der Waals surface area contributed by atoms with E-state index in [1.165, 1.54) is 19.3 Å². The van der Waals surface area contributed by atoms with Crippen LogP contribution in [-0.2, 0) is 4.84 Å². The first-order chi connectivity index (χ1) is 9.34. The van der Waals surface area contributed by atoms with Crippen molar-refractivity contribution in [3.8, 4) is 0 Å². The zero-order valence-corrected chi connectivity index (χ0v) is 11.9. The minimum Gasteiger partial charge on any atom is -0.394 e. The molecule has 2 rings (SSSR count). The molecule has 1 unspecified atom stereocenters. The molecule has 0 N–H and O–H groups in total. The van der Waals surface area contributed by atoms with E-state index in [-0.39, 0.29) is 5.38 Å². The zero-order valence-electron chi connectivity index (χ0n) is 11.1. The summed E-state index contributed by atoms with van der Waals surface area (Å²) in [6.07, 6.45) is 6.74. The summed E-state index contributed by atoms with van der Waals surface area (Å²) in [5.74, 6) is 0. The van der Waals surface area contributed by atoms with Crippen LogP contribution in [0.15, 0.2) is 35.5 Å². The molecule has 1 heterocycles. The Morgan fingerprint density at radius 3 is 2.68 bits per heavy atom. The first kappa shape index (κ1) is 14.4. The van der Waals surface area contributed by atoms with Crippen molar-refractivity contribution >= 4 is 17.8 Å². The minimum atomic E-state index is -0.0144. The van der Waals surface area contributed by atoms with Crippen molar-refractivity contribution in [1.29, 1.82) is 0 Å². The van der Waals surface area contributed by atoms with E-state index in [0.717, 1.165) is 25.2 Å². The molecule has 4 heteroatoms. The van der Waals surface area contributed by atoms with Crippen LogP contribution < -0.4 is 0 Å². The van der Waals surface area contributed by atoms with Gasteiger partial charge in [-0.05, 0) is 25.9 Å². The van der Waals surface area contributed by atoms with E-state index in [9.17, 15) is 0 Å². The van der Waals surface area contributed by atoms with E-state index < -0.39 is 0 Å². The van der Waals surface area contributed by atoms with Gasteiger partial charge in [0, 0.05) is 12.1 Å². The molecule has 1 saturated heterocycles. The SMILES string of the molecule is ClC(CON=[C]c1ccccc1)CN1CCCCC1. The Morgan fingerprint density at radius 1 is 1.21 bits per heavy atom. The number of rotatable bonds is 6. The van der Waals surface area contributed by atoms with Gasteiger partial charge in [0.15, 0.2) is 0 Å². The number of benzene rings is 1. The lowest BCUT2D eigenvalue weighted by Gasteiger charge is -2.27. The molecule has 0 amide bonds. The van der Waals surface area contributed by atoms with E-state index in [1.807, 2.05) is 30.3 Å². The number of hydrogen-bond donors (Lipinski definition) is 0. The van der Waals surface area contributed by atoms with Gasteiger partial charge in [0.1, 0.15) is 12.8 Å². The van der Waals surface area contributed by atoms with Crippen molar-refractivity contribution in [1.82, 2.24) is 4.90 Å². The summed E-state index contributed by atoms with van der Waals surface area (Å²) in [7, 11) is 0. The quantitative estimate of drug-likeness (QED) is 0.454. The highest BCUT2D eigenvalue weighted by Gasteiger charge is 2.14.